The van der Waals surface area contributed by atoms with E-state index in [4.69, 9.17) is 0 Å². The summed E-state index contributed by atoms with van der Waals surface area (Å²) in [5.74, 6) is -1.74. The van der Waals surface area contributed by atoms with Crippen LogP contribution < -0.4 is 5.32 Å². The Morgan fingerprint density at radius 1 is 0.962 bits per heavy atom. The van der Waals surface area contributed by atoms with E-state index < -0.39 is 34.3 Å². The summed E-state index contributed by atoms with van der Waals surface area (Å²) in [4.78, 5) is 12.1. The number of hydrogen-bond acceptors (Lipinski definition) is 3. The molecule has 6 nitrogen and oxygen atoms in total. The Labute approximate surface area is 150 Å². The van der Waals surface area contributed by atoms with Gasteiger partial charge in [0.05, 0.1) is 12.2 Å². The molecule has 3 rings (SSSR count). The molecule has 0 unspecified atom stereocenters. The van der Waals surface area contributed by atoms with Crippen LogP contribution in [0.2, 0.25) is 0 Å². The van der Waals surface area contributed by atoms with Gasteiger partial charge in [0.2, 0.25) is 5.91 Å². The van der Waals surface area contributed by atoms with E-state index >= 15 is 0 Å². The van der Waals surface area contributed by atoms with Crippen LogP contribution in [0.25, 0.3) is 0 Å². The lowest BCUT2D eigenvalue weighted by Gasteiger charge is -2.18. The van der Waals surface area contributed by atoms with Crippen molar-refractivity contribution in [2.75, 3.05) is 25.0 Å². The molecule has 1 saturated heterocycles. The van der Waals surface area contributed by atoms with Crippen LogP contribution in [0.15, 0.2) is 48.5 Å². The van der Waals surface area contributed by atoms with Crippen LogP contribution in [0.1, 0.15) is 5.56 Å². The predicted molar refractivity (Wildman–Crippen MR) is 92.3 cm³/mol. The SMILES string of the molecule is O=C(CN1CCN(Cc2ccccc2F)S1(=O)=O)Nc1ccccc1F. The van der Waals surface area contributed by atoms with Gasteiger partial charge in [0.15, 0.2) is 0 Å². The molecule has 1 N–H and O–H groups in total. The van der Waals surface area contributed by atoms with Crippen molar-refractivity contribution in [3.05, 3.63) is 65.7 Å². The lowest BCUT2D eigenvalue weighted by molar-refractivity contribution is -0.116. The number of rotatable bonds is 5. The van der Waals surface area contributed by atoms with Crippen molar-refractivity contribution in [3.63, 3.8) is 0 Å². The first-order valence-corrected chi connectivity index (χ1v) is 9.30. The highest BCUT2D eigenvalue weighted by atomic mass is 32.2. The molecule has 0 saturated carbocycles. The van der Waals surface area contributed by atoms with Crippen LogP contribution in [0, 0.1) is 11.6 Å². The van der Waals surface area contributed by atoms with Gasteiger partial charge < -0.3 is 5.32 Å². The quantitative estimate of drug-likeness (QED) is 0.861. The minimum Gasteiger partial charge on any atom is -0.322 e. The zero-order valence-electron chi connectivity index (χ0n) is 13.7. The zero-order chi connectivity index (χ0) is 18.7. The van der Waals surface area contributed by atoms with E-state index in [0.717, 1.165) is 8.61 Å². The Bertz CT molecular complexity index is 921. The average molecular weight is 381 g/mol. The molecule has 0 atom stereocenters. The van der Waals surface area contributed by atoms with E-state index in [1.165, 1.54) is 36.4 Å². The van der Waals surface area contributed by atoms with Crippen molar-refractivity contribution < 1.29 is 22.0 Å². The number of benzene rings is 2. The van der Waals surface area contributed by atoms with E-state index in [-0.39, 0.29) is 30.9 Å². The van der Waals surface area contributed by atoms with Crippen LogP contribution in [0.4, 0.5) is 14.5 Å². The molecule has 0 spiro atoms. The second-order valence-corrected chi connectivity index (χ2v) is 7.72. The van der Waals surface area contributed by atoms with Crippen molar-refractivity contribution in [2.24, 2.45) is 0 Å². The fourth-order valence-corrected chi connectivity index (χ4v) is 4.20. The van der Waals surface area contributed by atoms with Gasteiger partial charge in [-0.1, -0.05) is 30.3 Å². The Morgan fingerprint density at radius 3 is 2.27 bits per heavy atom. The van der Waals surface area contributed by atoms with Gasteiger partial charge in [0.25, 0.3) is 10.2 Å². The monoisotopic (exact) mass is 381 g/mol. The normalized spacial score (nSPS) is 17.3. The molecular weight excluding hydrogens is 364 g/mol. The number of halogens is 2. The molecule has 0 aromatic heterocycles. The number of carbonyl (C=O) groups is 1. The Balaban J connectivity index is 1.66. The Hall–Kier alpha value is -2.36. The summed E-state index contributed by atoms with van der Waals surface area (Å²) in [5.41, 5.74) is 0.242. The summed E-state index contributed by atoms with van der Waals surface area (Å²) in [7, 11) is -3.89. The van der Waals surface area contributed by atoms with E-state index in [0.29, 0.717) is 0 Å². The second kappa shape index (κ2) is 7.48. The Kier molecular flexibility index (Phi) is 5.30. The molecule has 0 aliphatic carbocycles. The topological polar surface area (TPSA) is 69.7 Å². The van der Waals surface area contributed by atoms with Crippen LogP contribution in [0.5, 0.6) is 0 Å². The molecule has 1 aliphatic heterocycles. The minimum atomic E-state index is -3.89. The standard InChI is InChI=1S/C17H17F2N3O3S/c18-14-6-2-1-5-13(14)11-21-9-10-22(26(21,24)25)12-17(23)20-16-8-4-3-7-15(16)19/h1-8H,9-12H2,(H,20,23). The molecule has 9 heteroatoms. The summed E-state index contributed by atoms with van der Waals surface area (Å²) in [6.45, 7) is -0.310. The van der Waals surface area contributed by atoms with Gasteiger partial charge in [-0.05, 0) is 18.2 Å². The minimum absolute atomic E-state index is 0.0164. The zero-order valence-corrected chi connectivity index (χ0v) is 14.5. The third-order valence-electron chi connectivity index (χ3n) is 4.02. The van der Waals surface area contributed by atoms with E-state index in [1.54, 1.807) is 12.1 Å². The molecule has 1 amide bonds. The highest BCUT2D eigenvalue weighted by Crippen LogP contribution is 2.21. The number of anilines is 1. The lowest BCUT2D eigenvalue weighted by atomic mass is 10.2. The first-order valence-electron chi connectivity index (χ1n) is 7.91. The van der Waals surface area contributed by atoms with Crippen molar-refractivity contribution in [1.82, 2.24) is 8.61 Å². The van der Waals surface area contributed by atoms with E-state index in [1.807, 2.05) is 0 Å². The van der Waals surface area contributed by atoms with Gasteiger partial charge >= 0.3 is 0 Å². The molecule has 0 bridgehead atoms. The molecule has 1 aliphatic rings. The number of amides is 1. The van der Waals surface area contributed by atoms with Gasteiger partial charge in [-0.3, -0.25) is 4.79 Å². The maximum Gasteiger partial charge on any atom is 0.282 e. The highest BCUT2D eigenvalue weighted by molar-refractivity contribution is 7.87. The molecule has 138 valence electrons. The molecule has 0 radical (unpaired) electrons. The van der Waals surface area contributed by atoms with Crippen molar-refractivity contribution in [3.8, 4) is 0 Å². The molecule has 2 aromatic carbocycles. The van der Waals surface area contributed by atoms with Gasteiger partial charge in [0.1, 0.15) is 11.6 Å². The van der Waals surface area contributed by atoms with Crippen molar-refractivity contribution in [1.29, 1.82) is 0 Å². The van der Waals surface area contributed by atoms with E-state index in [9.17, 15) is 22.0 Å². The largest absolute Gasteiger partial charge is 0.322 e. The molecular formula is C17H17F2N3O3S. The van der Waals surface area contributed by atoms with Crippen LogP contribution in [0.3, 0.4) is 0 Å². The fraction of sp³-hybridized carbons (Fsp3) is 0.235. The van der Waals surface area contributed by atoms with Gasteiger partial charge in [0, 0.05) is 25.2 Å². The maximum atomic E-state index is 13.7. The van der Waals surface area contributed by atoms with Crippen molar-refractivity contribution >= 4 is 21.8 Å². The second-order valence-electron chi connectivity index (χ2n) is 5.79. The van der Waals surface area contributed by atoms with Crippen LogP contribution in [-0.4, -0.2) is 42.6 Å². The fourth-order valence-electron chi connectivity index (χ4n) is 2.67. The molecule has 1 fully saturated rings. The predicted octanol–water partition coefficient (Wildman–Crippen LogP) is 1.97. The lowest BCUT2D eigenvalue weighted by Crippen LogP contribution is -2.38. The first-order chi connectivity index (χ1) is 12.4. The van der Waals surface area contributed by atoms with Crippen LogP contribution in [-0.2, 0) is 21.5 Å². The van der Waals surface area contributed by atoms with Gasteiger partial charge in [-0.15, -0.1) is 0 Å². The smallest absolute Gasteiger partial charge is 0.282 e. The number of hydrogen-bond donors (Lipinski definition) is 1. The van der Waals surface area contributed by atoms with Gasteiger partial charge in [-0.25, -0.2) is 8.78 Å². The summed E-state index contributed by atoms with van der Waals surface area (Å²) >= 11 is 0. The van der Waals surface area contributed by atoms with Crippen LogP contribution >= 0.6 is 0 Å². The number of para-hydroxylation sites is 1. The maximum absolute atomic E-state index is 13.7. The van der Waals surface area contributed by atoms with E-state index in [2.05, 4.69) is 5.32 Å². The van der Waals surface area contributed by atoms with Crippen molar-refractivity contribution in [2.45, 2.75) is 6.54 Å². The molecule has 2 aromatic rings. The molecule has 26 heavy (non-hydrogen) atoms. The number of carbonyl (C=O) groups excluding carboxylic acids is 1. The van der Waals surface area contributed by atoms with Gasteiger partial charge in [-0.2, -0.15) is 17.0 Å². The summed E-state index contributed by atoms with van der Waals surface area (Å²) in [6.07, 6.45) is 0. The summed E-state index contributed by atoms with van der Waals surface area (Å²) < 4.78 is 54.5. The average Bonchev–Trinajstić information content (AvgIpc) is 2.86. The summed E-state index contributed by atoms with van der Waals surface area (Å²) in [6, 6.07) is 11.5. The Morgan fingerprint density at radius 2 is 1.58 bits per heavy atom. The third kappa shape index (κ3) is 3.90. The number of nitrogens with zero attached hydrogens (tertiary/aromatic N) is 2. The number of nitrogens with one attached hydrogen (secondary N) is 1. The highest BCUT2D eigenvalue weighted by Gasteiger charge is 2.37. The first kappa shape index (κ1) is 18.4. The summed E-state index contributed by atoms with van der Waals surface area (Å²) in [5, 5.41) is 2.35. The third-order valence-corrected chi connectivity index (χ3v) is 5.95. The molecule has 1 heterocycles.